The third kappa shape index (κ3) is 1.96. The Morgan fingerprint density at radius 3 is 2.39 bits per heavy atom. The van der Waals surface area contributed by atoms with Crippen LogP contribution in [0.25, 0.3) is 27.5 Å². The highest BCUT2D eigenvalue weighted by Crippen LogP contribution is 2.30. The number of hydrogen-bond acceptors (Lipinski definition) is 2. The number of aromatic nitrogens is 3. The van der Waals surface area contributed by atoms with Gasteiger partial charge in [0.25, 0.3) is 0 Å². The third-order valence-corrected chi connectivity index (χ3v) is 4.76. The van der Waals surface area contributed by atoms with Crippen molar-refractivity contribution in [1.82, 2.24) is 14.4 Å². The molecule has 4 aromatic rings. The SMILES string of the molecule is Cc1c(C)n2c3cnc(C(C)(C)C)cc3nc2c2ccccc12. The Morgan fingerprint density at radius 1 is 1.00 bits per heavy atom. The topological polar surface area (TPSA) is 30.2 Å². The van der Waals surface area contributed by atoms with Crippen LogP contribution in [0, 0.1) is 13.8 Å². The molecule has 116 valence electrons. The van der Waals surface area contributed by atoms with E-state index in [4.69, 9.17) is 9.97 Å². The molecule has 0 saturated heterocycles. The molecule has 0 aliphatic heterocycles. The summed E-state index contributed by atoms with van der Waals surface area (Å²) in [5, 5.41) is 2.47. The summed E-state index contributed by atoms with van der Waals surface area (Å²) in [6, 6.07) is 10.6. The Bertz CT molecular complexity index is 1070. The second-order valence-electron chi connectivity index (χ2n) is 7.34. The van der Waals surface area contributed by atoms with Crippen molar-refractivity contribution in [2.24, 2.45) is 0 Å². The molecule has 0 saturated carbocycles. The summed E-state index contributed by atoms with van der Waals surface area (Å²) >= 11 is 0. The maximum absolute atomic E-state index is 4.94. The fourth-order valence-corrected chi connectivity index (χ4v) is 3.28. The summed E-state index contributed by atoms with van der Waals surface area (Å²) in [5.74, 6) is 0. The smallest absolute Gasteiger partial charge is 0.146 e. The van der Waals surface area contributed by atoms with Crippen LogP contribution in [0.4, 0.5) is 0 Å². The van der Waals surface area contributed by atoms with Gasteiger partial charge < -0.3 is 0 Å². The Kier molecular flexibility index (Phi) is 2.80. The molecule has 1 aromatic carbocycles. The van der Waals surface area contributed by atoms with Crippen molar-refractivity contribution >= 4 is 27.5 Å². The standard InChI is InChI=1S/C20H21N3/c1-12-13(2)23-17-11-21-18(20(3,4)5)10-16(17)22-19(23)15-9-7-6-8-14(12)15/h6-11H,1-5H3. The first-order valence-corrected chi connectivity index (χ1v) is 8.04. The lowest BCUT2D eigenvalue weighted by molar-refractivity contribution is 0.570. The van der Waals surface area contributed by atoms with Gasteiger partial charge in [0.1, 0.15) is 5.65 Å². The Morgan fingerprint density at radius 2 is 1.70 bits per heavy atom. The normalized spacial score (nSPS) is 12.6. The molecule has 0 aliphatic carbocycles. The van der Waals surface area contributed by atoms with Crippen LogP contribution < -0.4 is 0 Å². The Balaban J connectivity index is 2.20. The number of rotatable bonds is 0. The highest BCUT2D eigenvalue weighted by molar-refractivity contribution is 6.00. The molecule has 0 spiro atoms. The molecule has 0 N–H and O–H groups in total. The van der Waals surface area contributed by atoms with Gasteiger partial charge in [0.05, 0.1) is 17.2 Å². The van der Waals surface area contributed by atoms with Gasteiger partial charge in [-0.15, -0.1) is 0 Å². The molecule has 3 aromatic heterocycles. The predicted molar refractivity (Wildman–Crippen MR) is 96.2 cm³/mol. The highest BCUT2D eigenvalue weighted by atomic mass is 15.0. The summed E-state index contributed by atoms with van der Waals surface area (Å²) in [5.41, 5.74) is 6.75. The summed E-state index contributed by atoms with van der Waals surface area (Å²) in [6.07, 6.45) is 1.97. The fraction of sp³-hybridized carbons (Fsp3) is 0.300. The zero-order valence-corrected chi connectivity index (χ0v) is 14.3. The zero-order valence-electron chi connectivity index (χ0n) is 14.3. The number of aryl methyl sites for hydroxylation is 2. The van der Waals surface area contributed by atoms with Gasteiger partial charge in [-0.3, -0.25) is 9.38 Å². The number of imidazole rings is 1. The highest BCUT2D eigenvalue weighted by Gasteiger charge is 2.19. The first kappa shape index (κ1) is 14.2. The lowest BCUT2D eigenvalue weighted by Crippen LogP contribution is -2.13. The lowest BCUT2D eigenvalue weighted by Gasteiger charge is -2.17. The van der Waals surface area contributed by atoms with Crippen LogP contribution in [0.2, 0.25) is 0 Å². The largest absolute Gasteiger partial charge is 0.295 e. The summed E-state index contributed by atoms with van der Waals surface area (Å²) in [4.78, 5) is 9.63. The summed E-state index contributed by atoms with van der Waals surface area (Å²) < 4.78 is 2.24. The van der Waals surface area contributed by atoms with Crippen molar-refractivity contribution in [3.05, 3.63) is 53.5 Å². The molecule has 0 unspecified atom stereocenters. The fourth-order valence-electron chi connectivity index (χ4n) is 3.28. The molecule has 0 radical (unpaired) electrons. The van der Waals surface area contributed by atoms with Crippen molar-refractivity contribution in [2.75, 3.05) is 0 Å². The van der Waals surface area contributed by atoms with Gasteiger partial charge in [0, 0.05) is 22.2 Å². The van der Waals surface area contributed by atoms with E-state index in [-0.39, 0.29) is 5.41 Å². The van der Waals surface area contributed by atoms with E-state index < -0.39 is 0 Å². The van der Waals surface area contributed by atoms with Crippen molar-refractivity contribution in [3.63, 3.8) is 0 Å². The number of benzene rings is 1. The van der Waals surface area contributed by atoms with Crippen LogP contribution in [-0.2, 0) is 5.41 Å². The van der Waals surface area contributed by atoms with E-state index >= 15 is 0 Å². The molecule has 0 aliphatic rings. The third-order valence-electron chi connectivity index (χ3n) is 4.76. The van der Waals surface area contributed by atoms with Gasteiger partial charge in [-0.05, 0) is 30.9 Å². The van der Waals surface area contributed by atoms with E-state index in [2.05, 4.69) is 69.4 Å². The van der Waals surface area contributed by atoms with Crippen LogP contribution in [0.5, 0.6) is 0 Å². The van der Waals surface area contributed by atoms with Crippen molar-refractivity contribution in [3.8, 4) is 0 Å². The molecular formula is C20H21N3. The van der Waals surface area contributed by atoms with Crippen molar-refractivity contribution in [1.29, 1.82) is 0 Å². The minimum Gasteiger partial charge on any atom is -0.295 e. The van der Waals surface area contributed by atoms with Gasteiger partial charge in [0.15, 0.2) is 0 Å². The summed E-state index contributed by atoms with van der Waals surface area (Å²) in [6.45, 7) is 10.9. The molecule has 3 nitrogen and oxygen atoms in total. The second-order valence-corrected chi connectivity index (χ2v) is 7.34. The van der Waals surface area contributed by atoms with Gasteiger partial charge in [0.2, 0.25) is 0 Å². The molecule has 0 fully saturated rings. The van der Waals surface area contributed by atoms with E-state index in [1.165, 1.54) is 22.0 Å². The molecule has 0 atom stereocenters. The minimum atomic E-state index is 0.0248. The van der Waals surface area contributed by atoms with E-state index in [1.807, 2.05) is 6.20 Å². The minimum absolute atomic E-state index is 0.0248. The molecule has 23 heavy (non-hydrogen) atoms. The van der Waals surface area contributed by atoms with Crippen molar-refractivity contribution in [2.45, 2.75) is 40.0 Å². The Labute approximate surface area is 136 Å². The monoisotopic (exact) mass is 303 g/mol. The predicted octanol–water partition coefficient (Wildman–Crippen LogP) is 4.95. The first-order valence-electron chi connectivity index (χ1n) is 8.04. The van der Waals surface area contributed by atoms with Crippen LogP contribution >= 0.6 is 0 Å². The number of fused-ring (bicyclic) bond motifs is 5. The van der Waals surface area contributed by atoms with Crippen LogP contribution in [0.3, 0.4) is 0 Å². The quantitative estimate of drug-likeness (QED) is 0.460. The molecule has 3 heteroatoms. The second kappa shape index (κ2) is 4.54. The maximum Gasteiger partial charge on any atom is 0.146 e. The molecular weight excluding hydrogens is 282 g/mol. The average Bonchev–Trinajstić information content (AvgIpc) is 2.90. The number of nitrogens with zero attached hydrogens (tertiary/aromatic N) is 3. The van der Waals surface area contributed by atoms with E-state index in [0.717, 1.165) is 22.4 Å². The molecule has 3 heterocycles. The van der Waals surface area contributed by atoms with E-state index in [0.29, 0.717) is 0 Å². The molecule has 4 rings (SSSR count). The maximum atomic E-state index is 4.94. The lowest BCUT2D eigenvalue weighted by atomic mass is 9.91. The summed E-state index contributed by atoms with van der Waals surface area (Å²) in [7, 11) is 0. The van der Waals surface area contributed by atoms with Gasteiger partial charge in [-0.1, -0.05) is 45.0 Å². The molecule has 0 amide bonds. The average molecular weight is 303 g/mol. The van der Waals surface area contributed by atoms with Crippen LogP contribution in [0.1, 0.15) is 37.7 Å². The zero-order chi connectivity index (χ0) is 16.4. The first-order chi connectivity index (χ1) is 10.9. The van der Waals surface area contributed by atoms with E-state index in [9.17, 15) is 0 Å². The van der Waals surface area contributed by atoms with Gasteiger partial charge in [-0.25, -0.2) is 4.98 Å². The van der Waals surface area contributed by atoms with Crippen molar-refractivity contribution < 1.29 is 0 Å². The van der Waals surface area contributed by atoms with Crippen LogP contribution in [-0.4, -0.2) is 14.4 Å². The van der Waals surface area contributed by atoms with Crippen LogP contribution in [0.15, 0.2) is 36.5 Å². The number of pyridine rings is 2. The number of hydrogen-bond donors (Lipinski definition) is 0. The molecule has 0 bridgehead atoms. The van der Waals surface area contributed by atoms with Gasteiger partial charge >= 0.3 is 0 Å². The Hall–Kier alpha value is -2.42. The van der Waals surface area contributed by atoms with E-state index in [1.54, 1.807) is 0 Å². The van der Waals surface area contributed by atoms with Gasteiger partial charge in [-0.2, -0.15) is 0 Å².